The van der Waals surface area contributed by atoms with E-state index in [0.29, 0.717) is 33.4 Å². The van der Waals surface area contributed by atoms with Crippen LogP contribution in [0.4, 0.5) is 0 Å². The zero-order chi connectivity index (χ0) is 21.1. The molecule has 0 saturated carbocycles. The number of benzene rings is 3. The van der Waals surface area contributed by atoms with Crippen LogP contribution in [0, 0.1) is 0 Å². The van der Waals surface area contributed by atoms with Gasteiger partial charge in [-0.3, -0.25) is 9.59 Å². The number of Topliss-reactive ketones (excluding diaryl/α,β-unsaturated/α-hetero) is 2. The molecule has 3 aromatic carbocycles. The molecule has 0 aliphatic carbocycles. The lowest BCUT2D eigenvalue weighted by atomic mass is 10.1. The van der Waals surface area contributed by atoms with Gasteiger partial charge in [-0.05, 0) is 60.2 Å². The lowest BCUT2D eigenvalue weighted by Crippen LogP contribution is -2.11. The van der Waals surface area contributed by atoms with Crippen molar-refractivity contribution in [1.82, 2.24) is 0 Å². The second kappa shape index (κ2) is 8.43. The third-order valence-corrected chi connectivity index (χ3v) is 4.84. The Labute approximate surface area is 178 Å². The summed E-state index contributed by atoms with van der Waals surface area (Å²) in [6.07, 6.45) is 1.66. The molecule has 0 unspecified atom stereocenters. The number of ketones is 2. The van der Waals surface area contributed by atoms with Crippen molar-refractivity contribution >= 4 is 29.2 Å². The molecule has 3 aromatic rings. The molecule has 5 nitrogen and oxygen atoms in total. The predicted octanol–water partition coefficient (Wildman–Crippen LogP) is 5.23. The molecule has 0 aromatic heterocycles. The number of carbonyl (C=O) groups is 2. The van der Waals surface area contributed by atoms with Crippen LogP contribution in [0.5, 0.6) is 17.2 Å². The Morgan fingerprint density at radius 2 is 1.70 bits per heavy atom. The highest BCUT2D eigenvalue weighted by Gasteiger charge is 2.27. The number of hydrogen-bond donors (Lipinski definition) is 0. The molecule has 0 radical (unpaired) electrons. The number of ether oxygens (including phenoxy) is 3. The van der Waals surface area contributed by atoms with Gasteiger partial charge in [0, 0.05) is 16.7 Å². The van der Waals surface area contributed by atoms with Crippen LogP contribution in [0.15, 0.2) is 72.5 Å². The fourth-order valence-electron chi connectivity index (χ4n) is 2.98. The van der Waals surface area contributed by atoms with Crippen molar-refractivity contribution in [1.29, 1.82) is 0 Å². The Morgan fingerprint density at radius 3 is 2.40 bits per heavy atom. The first-order valence-electron chi connectivity index (χ1n) is 9.17. The van der Waals surface area contributed by atoms with E-state index in [-0.39, 0.29) is 23.9 Å². The van der Waals surface area contributed by atoms with Gasteiger partial charge in [0.2, 0.25) is 5.78 Å². The molecular weight excluding hydrogens is 404 g/mol. The summed E-state index contributed by atoms with van der Waals surface area (Å²) < 4.78 is 16.4. The first kappa shape index (κ1) is 19.7. The maximum atomic E-state index is 12.6. The first-order valence-corrected chi connectivity index (χ1v) is 9.55. The van der Waals surface area contributed by atoms with Gasteiger partial charge >= 0.3 is 0 Å². The van der Waals surface area contributed by atoms with Gasteiger partial charge in [0.25, 0.3) is 0 Å². The minimum atomic E-state index is -0.208. The number of methoxy groups -OCH3 is 1. The Kier molecular flexibility index (Phi) is 5.55. The Bertz CT molecular complexity index is 1130. The average Bonchev–Trinajstić information content (AvgIpc) is 3.08. The summed E-state index contributed by atoms with van der Waals surface area (Å²) >= 11 is 5.89. The molecule has 1 heterocycles. The standard InChI is InChI=1S/C24H17ClO5/c1-28-18-8-4-16(5-9-18)21(26)14-29-19-10-11-20-22(13-19)30-23(24(20)27)12-15-2-6-17(25)7-3-15/h2-13H,14H2,1H3. The largest absolute Gasteiger partial charge is 0.497 e. The molecule has 0 atom stereocenters. The van der Waals surface area contributed by atoms with E-state index in [0.717, 1.165) is 5.56 Å². The molecule has 6 heteroatoms. The molecule has 0 amide bonds. The molecule has 0 saturated heterocycles. The van der Waals surface area contributed by atoms with Crippen LogP contribution in [-0.4, -0.2) is 25.3 Å². The van der Waals surface area contributed by atoms with Crippen molar-refractivity contribution in [3.8, 4) is 17.2 Å². The van der Waals surface area contributed by atoms with Gasteiger partial charge in [0.15, 0.2) is 18.1 Å². The van der Waals surface area contributed by atoms with Crippen LogP contribution < -0.4 is 14.2 Å². The highest BCUT2D eigenvalue weighted by molar-refractivity contribution is 6.30. The van der Waals surface area contributed by atoms with E-state index in [4.69, 9.17) is 25.8 Å². The summed E-state index contributed by atoms with van der Waals surface area (Å²) in [7, 11) is 1.57. The predicted molar refractivity (Wildman–Crippen MR) is 114 cm³/mol. The summed E-state index contributed by atoms with van der Waals surface area (Å²) in [5, 5.41) is 0.616. The highest BCUT2D eigenvalue weighted by Crippen LogP contribution is 2.35. The van der Waals surface area contributed by atoms with Crippen molar-refractivity contribution in [2.45, 2.75) is 0 Å². The van der Waals surface area contributed by atoms with E-state index in [1.807, 2.05) is 0 Å². The highest BCUT2D eigenvalue weighted by atomic mass is 35.5. The number of halogens is 1. The van der Waals surface area contributed by atoms with Crippen LogP contribution in [0.3, 0.4) is 0 Å². The van der Waals surface area contributed by atoms with Gasteiger partial charge in [-0.2, -0.15) is 0 Å². The van der Waals surface area contributed by atoms with E-state index < -0.39 is 0 Å². The van der Waals surface area contributed by atoms with Crippen molar-refractivity contribution in [2.75, 3.05) is 13.7 Å². The van der Waals surface area contributed by atoms with Crippen molar-refractivity contribution in [3.63, 3.8) is 0 Å². The Hall–Kier alpha value is -3.57. The Balaban J connectivity index is 1.44. The van der Waals surface area contributed by atoms with Gasteiger partial charge in [0.05, 0.1) is 12.7 Å². The van der Waals surface area contributed by atoms with Crippen molar-refractivity contribution in [3.05, 3.63) is 94.2 Å². The first-order chi connectivity index (χ1) is 14.5. The normalized spacial score (nSPS) is 13.7. The zero-order valence-electron chi connectivity index (χ0n) is 16.1. The van der Waals surface area contributed by atoms with E-state index >= 15 is 0 Å². The average molecular weight is 421 g/mol. The third-order valence-electron chi connectivity index (χ3n) is 4.59. The minimum absolute atomic E-state index is 0.132. The van der Waals surface area contributed by atoms with Crippen LogP contribution in [-0.2, 0) is 0 Å². The Morgan fingerprint density at radius 1 is 1.00 bits per heavy atom. The monoisotopic (exact) mass is 420 g/mol. The second-order valence-electron chi connectivity index (χ2n) is 6.59. The lowest BCUT2D eigenvalue weighted by Gasteiger charge is -2.07. The molecule has 30 heavy (non-hydrogen) atoms. The summed E-state index contributed by atoms with van der Waals surface area (Å²) in [6.45, 7) is -0.132. The van der Waals surface area contributed by atoms with Crippen LogP contribution >= 0.6 is 11.6 Å². The van der Waals surface area contributed by atoms with E-state index in [1.54, 1.807) is 79.9 Å². The van der Waals surface area contributed by atoms with Gasteiger partial charge in [-0.15, -0.1) is 0 Å². The molecule has 150 valence electrons. The van der Waals surface area contributed by atoms with Crippen LogP contribution in [0.25, 0.3) is 6.08 Å². The lowest BCUT2D eigenvalue weighted by molar-refractivity contribution is 0.0921. The van der Waals surface area contributed by atoms with Gasteiger partial charge in [0.1, 0.15) is 17.2 Å². The molecule has 0 bridgehead atoms. The van der Waals surface area contributed by atoms with Crippen molar-refractivity contribution in [2.24, 2.45) is 0 Å². The molecule has 0 fully saturated rings. The summed E-state index contributed by atoms with van der Waals surface area (Å²) in [5.74, 6) is 1.36. The number of rotatable bonds is 6. The van der Waals surface area contributed by atoms with Gasteiger partial charge in [-0.1, -0.05) is 23.7 Å². The molecule has 1 aliphatic heterocycles. The SMILES string of the molecule is COc1ccc(C(=O)COc2ccc3c(c2)OC(=Cc2ccc(Cl)cc2)C3=O)cc1. The van der Waals surface area contributed by atoms with Gasteiger partial charge < -0.3 is 14.2 Å². The van der Waals surface area contributed by atoms with Gasteiger partial charge in [-0.25, -0.2) is 0 Å². The number of carbonyl (C=O) groups excluding carboxylic acids is 2. The zero-order valence-corrected chi connectivity index (χ0v) is 16.8. The quantitative estimate of drug-likeness (QED) is 0.404. The number of allylic oxidation sites excluding steroid dienone is 1. The summed E-state index contributed by atoms with van der Waals surface area (Å²) in [4.78, 5) is 24.9. The maximum Gasteiger partial charge on any atom is 0.231 e. The number of fused-ring (bicyclic) bond motifs is 1. The van der Waals surface area contributed by atoms with E-state index in [9.17, 15) is 9.59 Å². The molecular formula is C24H17ClO5. The molecule has 1 aliphatic rings. The topological polar surface area (TPSA) is 61.8 Å². The van der Waals surface area contributed by atoms with Crippen LogP contribution in [0.1, 0.15) is 26.3 Å². The summed E-state index contributed by atoms with van der Waals surface area (Å²) in [5.41, 5.74) is 1.78. The third kappa shape index (κ3) is 4.21. The smallest absolute Gasteiger partial charge is 0.231 e. The molecule has 4 rings (SSSR count). The molecule has 0 spiro atoms. The fraction of sp³-hybridized carbons (Fsp3) is 0.0833. The summed E-state index contributed by atoms with van der Waals surface area (Å²) in [6, 6.07) is 18.8. The molecule has 0 N–H and O–H groups in total. The maximum absolute atomic E-state index is 12.6. The number of hydrogen-bond acceptors (Lipinski definition) is 5. The van der Waals surface area contributed by atoms with Crippen molar-refractivity contribution < 1.29 is 23.8 Å². The minimum Gasteiger partial charge on any atom is -0.497 e. The van der Waals surface area contributed by atoms with E-state index in [1.165, 1.54) is 0 Å². The second-order valence-corrected chi connectivity index (χ2v) is 7.03. The van der Waals surface area contributed by atoms with Crippen LogP contribution in [0.2, 0.25) is 5.02 Å². The van der Waals surface area contributed by atoms with E-state index in [2.05, 4.69) is 0 Å². The fourth-order valence-corrected chi connectivity index (χ4v) is 3.10.